The van der Waals surface area contributed by atoms with Gasteiger partial charge in [0.15, 0.2) is 0 Å². The zero-order valence-corrected chi connectivity index (χ0v) is 11.9. The summed E-state index contributed by atoms with van der Waals surface area (Å²) in [5.74, 6) is -1.37. The van der Waals surface area contributed by atoms with E-state index in [0.29, 0.717) is 18.7 Å². The van der Waals surface area contributed by atoms with Gasteiger partial charge in [-0.25, -0.2) is 4.79 Å². The van der Waals surface area contributed by atoms with Crippen molar-refractivity contribution in [3.63, 3.8) is 0 Å². The predicted molar refractivity (Wildman–Crippen MR) is 75.9 cm³/mol. The number of carboxylic acids is 1. The number of carboxylic acid groups (broad SMARTS) is 1. The van der Waals surface area contributed by atoms with Crippen molar-refractivity contribution in [1.82, 2.24) is 10.3 Å². The Hall–Kier alpha value is -2.25. The van der Waals surface area contributed by atoms with Crippen LogP contribution < -0.4 is 5.32 Å². The topological polar surface area (TPSA) is 97.8 Å². The molecule has 0 bridgehead atoms. The molecule has 2 N–H and O–H groups in total. The molecule has 1 unspecified atom stereocenters. The smallest absolute Gasteiger partial charge is 0.328 e. The molecule has 1 aromatic heterocycles. The van der Waals surface area contributed by atoms with Crippen molar-refractivity contribution in [3.8, 4) is 0 Å². The highest BCUT2D eigenvalue weighted by Gasteiger charge is 2.11. The first kappa shape index (κ1) is 16.8. The lowest BCUT2D eigenvalue weighted by molar-refractivity contribution is -0.131. The molecule has 0 aromatic carbocycles. The second-order valence-corrected chi connectivity index (χ2v) is 4.17. The Labute approximate surface area is 122 Å². The Morgan fingerprint density at radius 2 is 2.19 bits per heavy atom. The molecule has 0 aliphatic carbocycles. The molecule has 0 aliphatic rings. The number of ether oxygens (including phenoxy) is 2. The van der Waals surface area contributed by atoms with Gasteiger partial charge >= 0.3 is 5.97 Å². The van der Waals surface area contributed by atoms with E-state index in [4.69, 9.17) is 14.6 Å². The van der Waals surface area contributed by atoms with Gasteiger partial charge in [-0.15, -0.1) is 0 Å². The Morgan fingerprint density at radius 3 is 2.71 bits per heavy atom. The molecule has 21 heavy (non-hydrogen) atoms. The number of aromatic nitrogens is 1. The number of carbonyl (C=O) groups is 2. The van der Waals surface area contributed by atoms with Crippen LogP contribution in [0.5, 0.6) is 0 Å². The first-order chi connectivity index (χ1) is 10.1. The number of nitrogens with zero attached hydrogens (tertiary/aromatic N) is 1. The molecule has 0 saturated carbocycles. The Morgan fingerprint density at radius 1 is 1.43 bits per heavy atom. The molecule has 1 atom stereocenters. The van der Waals surface area contributed by atoms with Gasteiger partial charge in [-0.2, -0.15) is 0 Å². The number of amides is 1. The molecule has 0 radical (unpaired) electrons. The van der Waals surface area contributed by atoms with E-state index in [1.54, 1.807) is 13.2 Å². The average molecular weight is 294 g/mol. The zero-order chi connectivity index (χ0) is 15.7. The van der Waals surface area contributed by atoms with Crippen molar-refractivity contribution in [2.45, 2.75) is 6.10 Å². The van der Waals surface area contributed by atoms with Gasteiger partial charge in [-0.3, -0.25) is 9.78 Å². The van der Waals surface area contributed by atoms with E-state index in [1.807, 2.05) is 0 Å². The van der Waals surface area contributed by atoms with Gasteiger partial charge < -0.3 is 19.9 Å². The summed E-state index contributed by atoms with van der Waals surface area (Å²) < 4.78 is 10.1. The Balaban J connectivity index is 2.57. The molecule has 1 aromatic rings. The fraction of sp³-hybridized carbons (Fsp3) is 0.357. The summed E-state index contributed by atoms with van der Waals surface area (Å²) in [6.07, 6.45) is 3.61. The molecule has 0 aliphatic heterocycles. The summed E-state index contributed by atoms with van der Waals surface area (Å²) >= 11 is 0. The van der Waals surface area contributed by atoms with Crippen molar-refractivity contribution >= 4 is 18.0 Å². The first-order valence-electron chi connectivity index (χ1n) is 6.23. The van der Waals surface area contributed by atoms with Gasteiger partial charge in [0.2, 0.25) is 0 Å². The van der Waals surface area contributed by atoms with Crippen LogP contribution in [0.2, 0.25) is 0 Å². The molecule has 7 heteroatoms. The molecular formula is C14H18N2O5. The summed E-state index contributed by atoms with van der Waals surface area (Å²) in [5.41, 5.74) is 0.845. The van der Waals surface area contributed by atoms with E-state index < -0.39 is 5.97 Å². The Bertz CT molecular complexity index is 499. The number of hydrogen-bond donors (Lipinski definition) is 2. The van der Waals surface area contributed by atoms with Gasteiger partial charge in [0.1, 0.15) is 5.69 Å². The fourth-order valence-electron chi connectivity index (χ4n) is 1.50. The summed E-state index contributed by atoms with van der Waals surface area (Å²) in [6.45, 7) is 0.689. The highest BCUT2D eigenvalue weighted by molar-refractivity contribution is 5.92. The van der Waals surface area contributed by atoms with E-state index in [0.717, 1.165) is 6.08 Å². The van der Waals surface area contributed by atoms with E-state index in [9.17, 15) is 9.59 Å². The van der Waals surface area contributed by atoms with Crippen LogP contribution in [0.15, 0.2) is 24.4 Å². The molecule has 7 nitrogen and oxygen atoms in total. The minimum Gasteiger partial charge on any atom is -0.478 e. The quantitative estimate of drug-likeness (QED) is 0.680. The van der Waals surface area contributed by atoms with E-state index in [1.165, 1.54) is 25.4 Å². The number of pyridine rings is 1. The van der Waals surface area contributed by atoms with Gasteiger partial charge in [-0.1, -0.05) is 6.07 Å². The fourth-order valence-corrected chi connectivity index (χ4v) is 1.50. The minimum atomic E-state index is -1.04. The van der Waals surface area contributed by atoms with Crippen LogP contribution in [0.1, 0.15) is 16.1 Å². The molecular weight excluding hydrogens is 276 g/mol. The molecule has 0 saturated heterocycles. The van der Waals surface area contributed by atoms with Crippen LogP contribution in [-0.2, 0) is 14.3 Å². The van der Waals surface area contributed by atoms with Gasteiger partial charge in [0, 0.05) is 33.0 Å². The summed E-state index contributed by atoms with van der Waals surface area (Å²) in [6, 6.07) is 3.14. The van der Waals surface area contributed by atoms with Crippen molar-refractivity contribution < 1.29 is 24.2 Å². The molecule has 1 heterocycles. The third-order valence-electron chi connectivity index (χ3n) is 2.61. The van der Waals surface area contributed by atoms with Crippen LogP contribution in [0.4, 0.5) is 0 Å². The number of methoxy groups -OCH3 is 2. The minimum absolute atomic E-state index is 0.225. The van der Waals surface area contributed by atoms with Gasteiger partial charge in [0.05, 0.1) is 12.7 Å². The van der Waals surface area contributed by atoms with Crippen LogP contribution in [0.25, 0.3) is 6.08 Å². The second-order valence-electron chi connectivity index (χ2n) is 4.17. The highest BCUT2D eigenvalue weighted by Crippen LogP contribution is 2.03. The van der Waals surface area contributed by atoms with Crippen molar-refractivity contribution in [2.75, 3.05) is 27.4 Å². The summed E-state index contributed by atoms with van der Waals surface area (Å²) in [4.78, 5) is 26.2. The third kappa shape index (κ3) is 6.15. The van der Waals surface area contributed by atoms with E-state index in [-0.39, 0.29) is 17.7 Å². The maximum atomic E-state index is 11.9. The van der Waals surface area contributed by atoms with Crippen molar-refractivity contribution in [3.05, 3.63) is 35.7 Å². The van der Waals surface area contributed by atoms with Crippen LogP contribution >= 0.6 is 0 Å². The number of hydrogen-bond acceptors (Lipinski definition) is 5. The van der Waals surface area contributed by atoms with Crippen LogP contribution in [-0.4, -0.2) is 55.4 Å². The highest BCUT2D eigenvalue weighted by atomic mass is 16.5. The van der Waals surface area contributed by atoms with E-state index >= 15 is 0 Å². The lowest BCUT2D eigenvalue weighted by Crippen LogP contribution is -2.35. The maximum Gasteiger partial charge on any atom is 0.328 e. The summed E-state index contributed by atoms with van der Waals surface area (Å²) in [5, 5.41) is 11.2. The predicted octanol–water partition coefficient (Wildman–Crippen LogP) is 0.571. The third-order valence-corrected chi connectivity index (χ3v) is 2.61. The van der Waals surface area contributed by atoms with Gasteiger partial charge in [0.25, 0.3) is 5.91 Å². The van der Waals surface area contributed by atoms with Crippen molar-refractivity contribution in [2.24, 2.45) is 0 Å². The summed E-state index contributed by atoms with van der Waals surface area (Å²) in [7, 11) is 3.09. The van der Waals surface area contributed by atoms with Crippen molar-refractivity contribution in [1.29, 1.82) is 0 Å². The monoisotopic (exact) mass is 294 g/mol. The van der Waals surface area contributed by atoms with Crippen LogP contribution in [0, 0.1) is 0 Å². The van der Waals surface area contributed by atoms with Gasteiger partial charge in [-0.05, 0) is 17.7 Å². The molecule has 1 amide bonds. The number of aliphatic carboxylic acids is 1. The Kier molecular flexibility index (Phi) is 7.06. The SMILES string of the molecule is COCC(CNC(=O)c1ccc(/C=C/C(=O)O)cn1)OC. The largest absolute Gasteiger partial charge is 0.478 e. The lowest BCUT2D eigenvalue weighted by atomic mass is 10.2. The molecule has 114 valence electrons. The molecule has 1 rings (SSSR count). The number of nitrogens with one attached hydrogen (secondary N) is 1. The number of rotatable bonds is 8. The maximum absolute atomic E-state index is 11.9. The zero-order valence-electron chi connectivity index (χ0n) is 11.9. The number of carbonyl (C=O) groups excluding carboxylic acids is 1. The normalized spacial score (nSPS) is 12.3. The first-order valence-corrected chi connectivity index (χ1v) is 6.23. The van der Waals surface area contributed by atoms with Crippen LogP contribution in [0.3, 0.4) is 0 Å². The molecule has 0 spiro atoms. The average Bonchev–Trinajstić information content (AvgIpc) is 2.49. The molecule has 0 fully saturated rings. The standard InChI is InChI=1S/C14H18N2O5/c1-20-9-11(21-2)8-16-14(19)12-5-3-10(7-15-12)4-6-13(17)18/h3-7,11H,8-9H2,1-2H3,(H,16,19)(H,17,18)/b6-4+. The lowest BCUT2D eigenvalue weighted by Gasteiger charge is -2.14. The second kappa shape index (κ2) is 8.83. The van der Waals surface area contributed by atoms with E-state index in [2.05, 4.69) is 10.3 Å².